The fourth-order valence-corrected chi connectivity index (χ4v) is 3.87. The molecule has 1 aromatic heterocycles. The summed E-state index contributed by atoms with van der Waals surface area (Å²) in [5, 5.41) is 15.1. The average Bonchev–Trinajstić information content (AvgIpc) is 3.57. The second-order valence-corrected chi connectivity index (χ2v) is 7.67. The fraction of sp³-hybridized carbons (Fsp3) is 0.476. The normalized spacial score (nSPS) is 22.8. The Balaban J connectivity index is 1.45. The quantitative estimate of drug-likeness (QED) is 0.831. The van der Waals surface area contributed by atoms with Crippen LogP contribution in [0.4, 0.5) is 0 Å². The van der Waals surface area contributed by atoms with Crippen molar-refractivity contribution in [3.63, 3.8) is 0 Å². The number of hydrogen-bond donors (Lipinski definition) is 2. The predicted molar refractivity (Wildman–Crippen MR) is 103 cm³/mol. The number of aromatic nitrogens is 2. The van der Waals surface area contributed by atoms with Crippen molar-refractivity contribution >= 4 is 22.8 Å². The maximum atomic E-state index is 12.8. The highest BCUT2D eigenvalue weighted by Crippen LogP contribution is 2.33. The van der Waals surface area contributed by atoms with Crippen molar-refractivity contribution in [2.45, 2.75) is 50.6 Å². The first-order valence-corrected chi connectivity index (χ1v) is 9.88. The minimum atomic E-state index is -0.419. The summed E-state index contributed by atoms with van der Waals surface area (Å²) in [6.45, 7) is 0. The standard InChI is InChI=1S/C21H23N5O2/c22-11-18(13-9-10-13)26-20(27)14-5-1-2-6-15(14)25-21(28)19-12-23-16-7-3-4-8-17(16)24-19/h3-4,7-8,12-15,18H,1-2,5-6,9-10H2,(H,25,28)(H,26,27). The predicted octanol–water partition coefficient (Wildman–Crippen LogP) is 2.34. The van der Waals surface area contributed by atoms with Gasteiger partial charge < -0.3 is 10.6 Å². The lowest BCUT2D eigenvalue weighted by atomic mass is 9.83. The highest BCUT2D eigenvalue weighted by Gasteiger charge is 2.37. The number of fused-ring (bicyclic) bond motifs is 1. The van der Waals surface area contributed by atoms with Gasteiger partial charge in [-0.15, -0.1) is 0 Å². The van der Waals surface area contributed by atoms with E-state index >= 15 is 0 Å². The molecule has 3 atom stereocenters. The van der Waals surface area contributed by atoms with Gasteiger partial charge in [0, 0.05) is 6.04 Å². The van der Waals surface area contributed by atoms with Crippen LogP contribution in [-0.2, 0) is 4.79 Å². The maximum absolute atomic E-state index is 12.8. The number of amides is 2. The Kier molecular flexibility index (Phi) is 5.20. The molecule has 2 N–H and O–H groups in total. The van der Waals surface area contributed by atoms with E-state index in [9.17, 15) is 14.9 Å². The van der Waals surface area contributed by atoms with Crippen molar-refractivity contribution in [3.05, 3.63) is 36.2 Å². The van der Waals surface area contributed by atoms with Gasteiger partial charge in [-0.1, -0.05) is 25.0 Å². The summed E-state index contributed by atoms with van der Waals surface area (Å²) in [6, 6.07) is 8.90. The number of rotatable bonds is 5. The molecule has 2 aliphatic rings. The molecule has 2 fully saturated rings. The van der Waals surface area contributed by atoms with Gasteiger partial charge in [-0.05, 0) is 43.7 Å². The number of nitrogens with zero attached hydrogens (tertiary/aromatic N) is 3. The average molecular weight is 377 g/mol. The third-order valence-corrected chi connectivity index (χ3v) is 5.63. The molecule has 0 saturated heterocycles. The molecule has 0 radical (unpaired) electrons. The molecule has 0 bridgehead atoms. The van der Waals surface area contributed by atoms with Crippen LogP contribution in [0.3, 0.4) is 0 Å². The molecule has 7 nitrogen and oxygen atoms in total. The number of hydrogen-bond acceptors (Lipinski definition) is 5. The molecule has 144 valence electrons. The third kappa shape index (κ3) is 3.96. The largest absolute Gasteiger partial charge is 0.347 e. The molecule has 1 aromatic carbocycles. The van der Waals surface area contributed by atoms with E-state index in [0.717, 1.165) is 37.6 Å². The molecule has 7 heteroatoms. The summed E-state index contributed by atoms with van der Waals surface area (Å²) in [7, 11) is 0. The van der Waals surface area contributed by atoms with Crippen LogP contribution in [0, 0.1) is 23.2 Å². The zero-order valence-electron chi connectivity index (χ0n) is 15.6. The van der Waals surface area contributed by atoms with Gasteiger partial charge in [0.15, 0.2) is 0 Å². The van der Waals surface area contributed by atoms with Crippen molar-refractivity contribution in [1.82, 2.24) is 20.6 Å². The first-order valence-electron chi connectivity index (χ1n) is 9.88. The van der Waals surface area contributed by atoms with Gasteiger partial charge in [0.1, 0.15) is 11.7 Å². The Morgan fingerprint density at radius 1 is 1.11 bits per heavy atom. The molecule has 28 heavy (non-hydrogen) atoms. The van der Waals surface area contributed by atoms with Gasteiger partial charge in [-0.2, -0.15) is 5.26 Å². The minimum absolute atomic E-state index is 0.131. The Hall–Kier alpha value is -3.01. The van der Waals surface area contributed by atoms with E-state index < -0.39 is 6.04 Å². The van der Waals surface area contributed by atoms with Crippen LogP contribution >= 0.6 is 0 Å². The van der Waals surface area contributed by atoms with Crippen LogP contribution in [0.1, 0.15) is 49.0 Å². The van der Waals surface area contributed by atoms with Crippen molar-refractivity contribution in [1.29, 1.82) is 5.26 Å². The van der Waals surface area contributed by atoms with E-state index in [1.165, 1.54) is 6.20 Å². The number of nitriles is 1. The molecule has 1 heterocycles. The summed E-state index contributed by atoms with van der Waals surface area (Å²) >= 11 is 0. The van der Waals surface area contributed by atoms with Crippen molar-refractivity contribution in [3.8, 4) is 6.07 Å². The van der Waals surface area contributed by atoms with Gasteiger partial charge in [-0.3, -0.25) is 14.6 Å². The molecular formula is C21H23N5O2. The number of carbonyl (C=O) groups is 2. The van der Waals surface area contributed by atoms with E-state index in [0.29, 0.717) is 11.9 Å². The molecule has 2 amide bonds. The number of benzene rings is 1. The van der Waals surface area contributed by atoms with Crippen LogP contribution in [-0.4, -0.2) is 33.9 Å². The molecule has 2 saturated carbocycles. The summed E-state index contributed by atoms with van der Waals surface area (Å²) < 4.78 is 0. The topological polar surface area (TPSA) is 108 Å². The molecule has 4 rings (SSSR count). The number of carbonyl (C=O) groups excluding carboxylic acids is 2. The molecule has 0 spiro atoms. The molecule has 2 aromatic rings. The number of para-hydroxylation sites is 2. The fourth-order valence-electron chi connectivity index (χ4n) is 3.87. The van der Waals surface area contributed by atoms with Gasteiger partial charge >= 0.3 is 0 Å². The van der Waals surface area contributed by atoms with E-state index in [4.69, 9.17) is 0 Å². The Morgan fingerprint density at radius 2 is 1.86 bits per heavy atom. The SMILES string of the molecule is N#CC(NC(=O)C1CCCCC1NC(=O)c1cnc2ccccc2n1)C1CC1. The summed E-state index contributed by atoms with van der Waals surface area (Å²) in [5.41, 5.74) is 1.64. The van der Waals surface area contributed by atoms with Crippen LogP contribution in [0.25, 0.3) is 11.0 Å². The zero-order valence-corrected chi connectivity index (χ0v) is 15.6. The lowest BCUT2D eigenvalue weighted by Gasteiger charge is -2.31. The Morgan fingerprint density at radius 3 is 2.61 bits per heavy atom. The minimum Gasteiger partial charge on any atom is -0.347 e. The van der Waals surface area contributed by atoms with Crippen LogP contribution in [0.5, 0.6) is 0 Å². The lowest BCUT2D eigenvalue weighted by molar-refractivity contribution is -0.127. The Bertz CT molecular complexity index is 934. The monoisotopic (exact) mass is 377 g/mol. The van der Waals surface area contributed by atoms with Crippen molar-refractivity contribution < 1.29 is 9.59 Å². The smallest absolute Gasteiger partial charge is 0.271 e. The molecule has 3 unspecified atom stereocenters. The van der Waals surface area contributed by atoms with Crippen LogP contribution in [0.15, 0.2) is 30.5 Å². The molecule has 2 aliphatic carbocycles. The van der Waals surface area contributed by atoms with E-state index in [2.05, 4.69) is 26.7 Å². The van der Waals surface area contributed by atoms with Crippen molar-refractivity contribution in [2.75, 3.05) is 0 Å². The zero-order chi connectivity index (χ0) is 19.5. The van der Waals surface area contributed by atoms with Crippen LogP contribution < -0.4 is 10.6 Å². The molecular weight excluding hydrogens is 354 g/mol. The number of nitrogens with one attached hydrogen (secondary N) is 2. The Labute approximate surface area is 163 Å². The summed E-state index contributed by atoms with van der Waals surface area (Å²) in [4.78, 5) is 34.2. The first kappa shape index (κ1) is 18.4. The van der Waals surface area contributed by atoms with Gasteiger partial charge in [-0.25, -0.2) is 4.98 Å². The van der Waals surface area contributed by atoms with E-state index in [-0.39, 0.29) is 35.4 Å². The van der Waals surface area contributed by atoms with Crippen molar-refractivity contribution in [2.24, 2.45) is 11.8 Å². The summed E-state index contributed by atoms with van der Waals surface area (Å²) in [5.74, 6) is -0.491. The van der Waals surface area contributed by atoms with Crippen LogP contribution in [0.2, 0.25) is 0 Å². The lowest BCUT2D eigenvalue weighted by Crippen LogP contribution is -2.50. The first-order chi connectivity index (χ1) is 13.7. The summed E-state index contributed by atoms with van der Waals surface area (Å²) in [6.07, 6.45) is 6.81. The van der Waals surface area contributed by atoms with Gasteiger partial charge in [0.05, 0.1) is 29.2 Å². The second-order valence-electron chi connectivity index (χ2n) is 7.67. The second kappa shape index (κ2) is 7.93. The maximum Gasteiger partial charge on any atom is 0.271 e. The molecule has 0 aliphatic heterocycles. The van der Waals surface area contributed by atoms with E-state index in [1.54, 1.807) is 0 Å². The van der Waals surface area contributed by atoms with Gasteiger partial charge in [0.25, 0.3) is 5.91 Å². The third-order valence-electron chi connectivity index (χ3n) is 5.63. The van der Waals surface area contributed by atoms with E-state index in [1.807, 2.05) is 24.3 Å². The highest BCUT2D eigenvalue weighted by atomic mass is 16.2. The highest BCUT2D eigenvalue weighted by molar-refractivity contribution is 5.94. The van der Waals surface area contributed by atoms with Gasteiger partial charge in [0.2, 0.25) is 5.91 Å².